The molecule has 0 aromatic heterocycles. The van der Waals surface area contributed by atoms with Gasteiger partial charge in [0, 0.05) is 10.0 Å². The van der Waals surface area contributed by atoms with Gasteiger partial charge in [-0.3, -0.25) is 4.79 Å². The zero-order valence-electron chi connectivity index (χ0n) is 11.8. The molecule has 0 heterocycles. The van der Waals surface area contributed by atoms with Crippen LogP contribution in [-0.2, 0) is 0 Å². The van der Waals surface area contributed by atoms with Crippen LogP contribution >= 0.6 is 15.9 Å². The Kier molecular flexibility index (Phi) is 4.77. The first-order valence-electron chi connectivity index (χ1n) is 6.51. The molecule has 0 spiro atoms. The molecule has 0 saturated heterocycles. The van der Waals surface area contributed by atoms with Crippen molar-refractivity contribution in [1.29, 1.82) is 5.26 Å². The van der Waals surface area contributed by atoms with E-state index in [4.69, 9.17) is 4.74 Å². The number of aldehydes is 1. The van der Waals surface area contributed by atoms with Gasteiger partial charge in [0.05, 0.1) is 5.56 Å². The Balaban J connectivity index is 2.43. The zero-order chi connectivity index (χ0) is 15.4. The van der Waals surface area contributed by atoms with Gasteiger partial charge in [0.15, 0.2) is 0 Å². The lowest BCUT2D eigenvalue weighted by Gasteiger charge is -2.15. The molecule has 0 aliphatic heterocycles. The highest BCUT2D eigenvalue weighted by atomic mass is 79.9. The first-order valence-corrected chi connectivity index (χ1v) is 7.31. The van der Waals surface area contributed by atoms with Crippen LogP contribution in [0.1, 0.15) is 41.3 Å². The van der Waals surface area contributed by atoms with Gasteiger partial charge in [-0.25, -0.2) is 0 Å². The fourth-order valence-electron chi connectivity index (χ4n) is 1.98. The van der Waals surface area contributed by atoms with Gasteiger partial charge in [0.25, 0.3) is 0 Å². The van der Waals surface area contributed by atoms with Crippen LogP contribution in [0.5, 0.6) is 11.5 Å². The summed E-state index contributed by atoms with van der Waals surface area (Å²) in [6.45, 7) is 4.16. The van der Waals surface area contributed by atoms with Crippen LogP contribution in [-0.4, -0.2) is 6.29 Å². The molecule has 3 nitrogen and oxygen atoms in total. The second-order valence-electron chi connectivity index (χ2n) is 4.92. The standard InChI is InChI=1S/C17H14BrNO2/c1-11(2)15-8-14(18)4-6-17(15)21-16-5-3-12(10-20)7-13(16)9-19/h3-8,10-11H,1-2H3. The molecule has 0 fully saturated rings. The van der Waals surface area contributed by atoms with Gasteiger partial charge < -0.3 is 4.74 Å². The van der Waals surface area contributed by atoms with Crippen LogP contribution in [0.15, 0.2) is 40.9 Å². The van der Waals surface area contributed by atoms with E-state index in [0.29, 0.717) is 28.9 Å². The van der Waals surface area contributed by atoms with Crippen molar-refractivity contribution >= 4 is 22.2 Å². The number of nitrogens with zero attached hydrogens (tertiary/aromatic N) is 1. The van der Waals surface area contributed by atoms with Crippen molar-refractivity contribution in [2.24, 2.45) is 0 Å². The number of nitriles is 1. The minimum Gasteiger partial charge on any atom is -0.456 e. The van der Waals surface area contributed by atoms with Crippen molar-refractivity contribution in [1.82, 2.24) is 0 Å². The summed E-state index contributed by atoms with van der Waals surface area (Å²) in [5.74, 6) is 1.45. The van der Waals surface area contributed by atoms with Crippen molar-refractivity contribution in [3.63, 3.8) is 0 Å². The molecule has 4 heteroatoms. The largest absolute Gasteiger partial charge is 0.456 e. The van der Waals surface area contributed by atoms with Gasteiger partial charge in [-0.05, 0) is 47.9 Å². The van der Waals surface area contributed by atoms with E-state index < -0.39 is 0 Å². The number of hydrogen-bond donors (Lipinski definition) is 0. The molecule has 0 atom stereocenters. The maximum Gasteiger partial charge on any atom is 0.150 e. The Bertz CT molecular complexity index is 717. The summed E-state index contributed by atoms with van der Waals surface area (Å²) in [6.07, 6.45) is 0.712. The summed E-state index contributed by atoms with van der Waals surface area (Å²) < 4.78 is 6.87. The molecule has 0 aliphatic carbocycles. The van der Waals surface area contributed by atoms with Crippen LogP contribution < -0.4 is 4.74 Å². The van der Waals surface area contributed by atoms with Crippen molar-refractivity contribution < 1.29 is 9.53 Å². The van der Waals surface area contributed by atoms with E-state index in [1.165, 1.54) is 6.07 Å². The second-order valence-corrected chi connectivity index (χ2v) is 5.84. The number of hydrogen-bond acceptors (Lipinski definition) is 3. The lowest BCUT2D eigenvalue weighted by Crippen LogP contribution is -1.96. The number of rotatable bonds is 4. The van der Waals surface area contributed by atoms with Crippen LogP contribution in [0.3, 0.4) is 0 Å². The molecular weight excluding hydrogens is 330 g/mol. The van der Waals surface area contributed by atoms with E-state index in [9.17, 15) is 10.1 Å². The summed E-state index contributed by atoms with van der Waals surface area (Å²) in [6, 6.07) is 12.6. The third-order valence-electron chi connectivity index (χ3n) is 3.07. The molecule has 2 aromatic rings. The third-order valence-corrected chi connectivity index (χ3v) is 3.57. The van der Waals surface area contributed by atoms with Crippen molar-refractivity contribution in [3.8, 4) is 17.6 Å². The number of ether oxygens (including phenoxy) is 1. The predicted octanol–water partition coefficient (Wildman–Crippen LogP) is 5.05. The summed E-state index contributed by atoms with van der Waals surface area (Å²) in [5, 5.41) is 9.19. The molecule has 0 saturated carbocycles. The lowest BCUT2D eigenvalue weighted by molar-refractivity contribution is 0.112. The molecule has 0 aliphatic rings. The van der Waals surface area contributed by atoms with E-state index >= 15 is 0 Å². The van der Waals surface area contributed by atoms with Gasteiger partial charge in [0.1, 0.15) is 23.9 Å². The molecule has 2 rings (SSSR count). The molecule has 0 radical (unpaired) electrons. The van der Waals surface area contributed by atoms with E-state index in [1.807, 2.05) is 18.2 Å². The fraction of sp³-hybridized carbons (Fsp3) is 0.176. The van der Waals surface area contributed by atoms with E-state index in [0.717, 1.165) is 10.0 Å². The molecule has 21 heavy (non-hydrogen) atoms. The normalized spacial score (nSPS) is 10.2. The number of halogens is 1. The monoisotopic (exact) mass is 343 g/mol. The fourth-order valence-corrected chi connectivity index (χ4v) is 2.36. The van der Waals surface area contributed by atoms with Gasteiger partial charge in [-0.15, -0.1) is 0 Å². The Labute approximate surface area is 132 Å². The molecular formula is C17H14BrNO2. The predicted molar refractivity (Wildman–Crippen MR) is 84.8 cm³/mol. The topological polar surface area (TPSA) is 50.1 Å². The van der Waals surface area contributed by atoms with E-state index in [1.54, 1.807) is 12.1 Å². The van der Waals surface area contributed by atoms with E-state index in [-0.39, 0.29) is 5.92 Å². The SMILES string of the molecule is CC(C)c1cc(Br)ccc1Oc1ccc(C=O)cc1C#N. The average molecular weight is 344 g/mol. The highest BCUT2D eigenvalue weighted by Gasteiger charge is 2.12. The van der Waals surface area contributed by atoms with Crippen LogP contribution in [0.25, 0.3) is 0 Å². The molecule has 0 unspecified atom stereocenters. The summed E-state index contributed by atoms with van der Waals surface area (Å²) in [7, 11) is 0. The van der Waals surface area contributed by atoms with Gasteiger partial charge >= 0.3 is 0 Å². The van der Waals surface area contributed by atoms with Crippen LogP contribution in [0.2, 0.25) is 0 Å². The minimum atomic E-state index is 0.289. The highest BCUT2D eigenvalue weighted by Crippen LogP contribution is 2.34. The van der Waals surface area contributed by atoms with Gasteiger partial charge in [-0.1, -0.05) is 29.8 Å². The molecule has 0 N–H and O–H groups in total. The first-order chi connectivity index (χ1) is 10.0. The molecule has 0 amide bonds. The molecule has 0 bridgehead atoms. The van der Waals surface area contributed by atoms with Crippen molar-refractivity contribution in [2.75, 3.05) is 0 Å². The van der Waals surface area contributed by atoms with Gasteiger partial charge in [-0.2, -0.15) is 5.26 Å². The summed E-state index contributed by atoms with van der Waals surface area (Å²) >= 11 is 3.45. The van der Waals surface area contributed by atoms with Crippen LogP contribution in [0, 0.1) is 11.3 Å². The van der Waals surface area contributed by atoms with E-state index in [2.05, 4.69) is 35.8 Å². The van der Waals surface area contributed by atoms with Crippen LogP contribution in [0.4, 0.5) is 0 Å². The highest BCUT2D eigenvalue weighted by molar-refractivity contribution is 9.10. The first kappa shape index (κ1) is 15.3. The van der Waals surface area contributed by atoms with Gasteiger partial charge in [0.2, 0.25) is 0 Å². The van der Waals surface area contributed by atoms with Crippen molar-refractivity contribution in [2.45, 2.75) is 19.8 Å². The Morgan fingerprint density at radius 3 is 2.52 bits per heavy atom. The Morgan fingerprint density at radius 2 is 1.90 bits per heavy atom. The summed E-state index contributed by atoms with van der Waals surface area (Å²) in [5.41, 5.74) is 1.85. The lowest BCUT2D eigenvalue weighted by atomic mass is 10.0. The molecule has 2 aromatic carbocycles. The molecule has 106 valence electrons. The second kappa shape index (κ2) is 6.55. The Hall–Kier alpha value is -2.12. The number of benzene rings is 2. The summed E-state index contributed by atoms with van der Waals surface area (Å²) in [4.78, 5) is 10.8. The maximum absolute atomic E-state index is 10.8. The zero-order valence-corrected chi connectivity index (χ0v) is 13.3. The average Bonchev–Trinajstić information content (AvgIpc) is 2.49. The third kappa shape index (κ3) is 3.50. The number of carbonyl (C=O) groups is 1. The minimum absolute atomic E-state index is 0.289. The number of carbonyl (C=O) groups excluding carboxylic acids is 1. The van der Waals surface area contributed by atoms with Crippen molar-refractivity contribution in [3.05, 3.63) is 57.6 Å². The maximum atomic E-state index is 10.8. The smallest absolute Gasteiger partial charge is 0.150 e. The quantitative estimate of drug-likeness (QED) is 0.730. The Morgan fingerprint density at radius 1 is 1.19 bits per heavy atom.